The van der Waals surface area contributed by atoms with Gasteiger partial charge in [-0.15, -0.1) is 0 Å². The molecule has 2 nitrogen and oxygen atoms in total. The largest absolute Gasteiger partial charge is 0.377 e. The quantitative estimate of drug-likeness (QED) is 0.852. The number of carbonyl (C=O) groups excluding carboxylic acids is 1. The lowest BCUT2D eigenvalue weighted by Crippen LogP contribution is -2.25. The summed E-state index contributed by atoms with van der Waals surface area (Å²) in [6.07, 6.45) is 3.23. The van der Waals surface area contributed by atoms with E-state index in [2.05, 4.69) is 28.1 Å². The summed E-state index contributed by atoms with van der Waals surface area (Å²) in [4.78, 5) is 11.2. The van der Waals surface area contributed by atoms with Crippen LogP contribution in [0.3, 0.4) is 0 Å². The fourth-order valence-corrected chi connectivity index (χ4v) is 2.18. The summed E-state index contributed by atoms with van der Waals surface area (Å²) in [7, 11) is 0. The second-order valence-electron chi connectivity index (χ2n) is 4.15. The molecule has 1 heterocycles. The van der Waals surface area contributed by atoms with Crippen LogP contribution in [-0.4, -0.2) is 18.5 Å². The Labute approximate surface area is 104 Å². The maximum atomic E-state index is 11.2. The molecule has 86 valence electrons. The fourth-order valence-electron chi connectivity index (χ4n) is 1.92. The van der Waals surface area contributed by atoms with E-state index in [0.29, 0.717) is 25.2 Å². The number of hydrogen-bond acceptors (Lipinski definition) is 2. The van der Waals surface area contributed by atoms with Gasteiger partial charge in [-0.3, -0.25) is 4.79 Å². The number of rotatable bonds is 3. The Morgan fingerprint density at radius 2 is 2.06 bits per heavy atom. The van der Waals surface area contributed by atoms with Crippen LogP contribution in [0.4, 0.5) is 0 Å². The zero-order chi connectivity index (χ0) is 11.4. The highest BCUT2D eigenvalue weighted by Crippen LogP contribution is 2.17. The molecule has 1 saturated heterocycles. The van der Waals surface area contributed by atoms with Gasteiger partial charge in [-0.2, -0.15) is 0 Å². The first-order valence-corrected chi connectivity index (χ1v) is 6.41. The standard InChI is InChI=1S/C13H15BrO2/c14-11-4-1-10(2-5-11)3-6-13-9-12(15)7-8-16-13/h1-2,4-5,13H,3,6-9H2. The van der Waals surface area contributed by atoms with Gasteiger partial charge in [0.1, 0.15) is 5.78 Å². The van der Waals surface area contributed by atoms with E-state index in [4.69, 9.17) is 4.74 Å². The molecule has 0 spiro atoms. The summed E-state index contributed by atoms with van der Waals surface area (Å²) in [5.74, 6) is 0.340. The van der Waals surface area contributed by atoms with E-state index in [0.717, 1.165) is 17.3 Å². The van der Waals surface area contributed by atoms with Crippen molar-refractivity contribution in [3.63, 3.8) is 0 Å². The molecule has 0 bridgehead atoms. The van der Waals surface area contributed by atoms with Crippen molar-refractivity contribution < 1.29 is 9.53 Å². The minimum absolute atomic E-state index is 0.130. The Morgan fingerprint density at radius 1 is 1.31 bits per heavy atom. The van der Waals surface area contributed by atoms with Crippen molar-refractivity contribution >= 4 is 21.7 Å². The summed E-state index contributed by atoms with van der Waals surface area (Å²) in [5, 5.41) is 0. The fraction of sp³-hybridized carbons (Fsp3) is 0.462. The third-order valence-corrected chi connectivity index (χ3v) is 3.39. The van der Waals surface area contributed by atoms with Crippen molar-refractivity contribution in [2.24, 2.45) is 0 Å². The van der Waals surface area contributed by atoms with Crippen LogP contribution in [0.5, 0.6) is 0 Å². The van der Waals surface area contributed by atoms with Crippen molar-refractivity contribution in [3.05, 3.63) is 34.3 Å². The van der Waals surface area contributed by atoms with Gasteiger partial charge in [0, 0.05) is 17.3 Å². The molecule has 1 aliphatic rings. The molecule has 0 aliphatic carbocycles. The molecule has 1 unspecified atom stereocenters. The van der Waals surface area contributed by atoms with E-state index in [1.807, 2.05) is 12.1 Å². The molecule has 1 atom stereocenters. The molecule has 0 saturated carbocycles. The first-order chi connectivity index (χ1) is 7.74. The topological polar surface area (TPSA) is 26.3 Å². The highest BCUT2D eigenvalue weighted by molar-refractivity contribution is 9.10. The smallest absolute Gasteiger partial charge is 0.137 e. The highest BCUT2D eigenvalue weighted by atomic mass is 79.9. The summed E-state index contributed by atoms with van der Waals surface area (Å²) >= 11 is 3.41. The second-order valence-corrected chi connectivity index (χ2v) is 5.07. The third kappa shape index (κ3) is 3.42. The van der Waals surface area contributed by atoms with Crippen molar-refractivity contribution in [2.45, 2.75) is 31.8 Å². The van der Waals surface area contributed by atoms with E-state index >= 15 is 0 Å². The van der Waals surface area contributed by atoms with Crippen LogP contribution < -0.4 is 0 Å². The molecular formula is C13H15BrO2. The van der Waals surface area contributed by atoms with Gasteiger partial charge in [-0.25, -0.2) is 0 Å². The highest BCUT2D eigenvalue weighted by Gasteiger charge is 2.19. The van der Waals surface area contributed by atoms with Crippen molar-refractivity contribution in [1.82, 2.24) is 0 Å². The lowest BCUT2D eigenvalue weighted by molar-refractivity contribution is -0.128. The van der Waals surface area contributed by atoms with Crippen LogP contribution in [0, 0.1) is 0 Å². The Balaban J connectivity index is 1.82. The molecule has 16 heavy (non-hydrogen) atoms. The van der Waals surface area contributed by atoms with E-state index in [1.54, 1.807) is 0 Å². The second kappa shape index (κ2) is 5.60. The van der Waals surface area contributed by atoms with Crippen LogP contribution in [0.1, 0.15) is 24.8 Å². The molecule has 1 aromatic rings. The predicted molar refractivity (Wildman–Crippen MR) is 66.4 cm³/mol. The van der Waals surface area contributed by atoms with E-state index in [-0.39, 0.29) is 6.10 Å². The molecule has 1 aliphatic heterocycles. The number of aryl methyl sites for hydroxylation is 1. The van der Waals surface area contributed by atoms with Crippen molar-refractivity contribution in [1.29, 1.82) is 0 Å². The number of ether oxygens (including phenoxy) is 1. The number of halogens is 1. The van der Waals surface area contributed by atoms with Gasteiger partial charge in [-0.1, -0.05) is 28.1 Å². The zero-order valence-electron chi connectivity index (χ0n) is 9.12. The van der Waals surface area contributed by atoms with Gasteiger partial charge in [0.05, 0.1) is 12.7 Å². The molecule has 0 amide bonds. The van der Waals surface area contributed by atoms with Crippen LogP contribution >= 0.6 is 15.9 Å². The van der Waals surface area contributed by atoms with Gasteiger partial charge in [-0.05, 0) is 30.5 Å². The first-order valence-electron chi connectivity index (χ1n) is 5.62. The lowest BCUT2D eigenvalue weighted by Gasteiger charge is -2.21. The predicted octanol–water partition coefficient (Wildman–Crippen LogP) is 3.13. The van der Waals surface area contributed by atoms with E-state index in [9.17, 15) is 4.79 Å². The normalized spacial score (nSPS) is 21.1. The molecule has 2 rings (SSSR count). The lowest BCUT2D eigenvalue weighted by atomic mass is 10.0. The first kappa shape index (κ1) is 11.8. The van der Waals surface area contributed by atoms with Gasteiger partial charge in [0.15, 0.2) is 0 Å². The van der Waals surface area contributed by atoms with Crippen LogP contribution in [0.2, 0.25) is 0 Å². The SMILES string of the molecule is O=C1CCOC(CCc2ccc(Br)cc2)C1. The maximum Gasteiger partial charge on any atom is 0.137 e. The number of Topliss-reactive ketones (excluding diaryl/α,β-unsaturated/α-hetero) is 1. The molecule has 0 radical (unpaired) electrons. The van der Waals surface area contributed by atoms with Gasteiger partial charge >= 0.3 is 0 Å². The van der Waals surface area contributed by atoms with Gasteiger partial charge in [0.25, 0.3) is 0 Å². The Kier molecular flexibility index (Phi) is 4.13. The Bertz CT molecular complexity index is 359. The molecule has 3 heteroatoms. The monoisotopic (exact) mass is 282 g/mol. The summed E-state index contributed by atoms with van der Waals surface area (Å²) in [5.41, 5.74) is 1.30. The van der Waals surface area contributed by atoms with Crippen LogP contribution in [0.15, 0.2) is 28.7 Å². The maximum absolute atomic E-state index is 11.2. The number of carbonyl (C=O) groups is 1. The molecule has 0 N–H and O–H groups in total. The Morgan fingerprint density at radius 3 is 2.75 bits per heavy atom. The zero-order valence-corrected chi connectivity index (χ0v) is 10.7. The van der Waals surface area contributed by atoms with E-state index < -0.39 is 0 Å². The molecule has 0 aromatic heterocycles. The van der Waals surface area contributed by atoms with Crippen molar-refractivity contribution in [2.75, 3.05) is 6.61 Å². The number of ketones is 1. The minimum Gasteiger partial charge on any atom is -0.377 e. The third-order valence-electron chi connectivity index (χ3n) is 2.86. The number of benzene rings is 1. The molecular weight excluding hydrogens is 268 g/mol. The van der Waals surface area contributed by atoms with Crippen LogP contribution in [-0.2, 0) is 16.0 Å². The van der Waals surface area contributed by atoms with E-state index in [1.165, 1.54) is 5.56 Å². The molecule has 1 aromatic carbocycles. The number of hydrogen-bond donors (Lipinski definition) is 0. The van der Waals surface area contributed by atoms with Gasteiger partial charge in [0.2, 0.25) is 0 Å². The average Bonchev–Trinajstić information content (AvgIpc) is 2.28. The summed E-state index contributed by atoms with van der Waals surface area (Å²) < 4.78 is 6.66. The summed E-state index contributed by atoms with van der Waals surface area (Å²) in [6.45, 7) is 0.601. The summed E-state index contributed by atoms with van der Waals surface area (Å²) in [6, 6.07) is 8.30. The average molecular weight is 283 g/mol. The van der Waals surface area contributed by atoms with Crippen LogP contribution in [0.25, 0.3) is 0 Å². The molecule has 1 fully saturated rings. The van der Waals surface area contributed by atoms with Crippen molar-refractivity contribution in [3.8, 4) is 0 Å². The van der Waals surface area contributed by atoms with Gasteiger partial charge < -0.3 is 4.74 Å². The minimum atomic E-state index is 0.130. The Hall–Kier alpha value is -0.670.